The lowest BCUT2D eigenvalue weighted by Gasteiger charge is -2.19. The predicted octanol–water partition coefficient (Wildman–Crippen LogP) is 4.29. The monoisotopic (exact) mass is 369 g/mol. The third-order valence-electron chi connectivity index (χ3n) is 3.62. The van der Waals surface area contributed by atoms with Crippen LogP contribution in [0.1, 0.15) is 36.8 Å². The number of rotatable bonds is 6. The summed E-state index contributed by atoms with van der Waals surface area (Å²) in [4.78, 5) is 0. The van der Waals surface area contributed by atoms with Gasteiger partial charge in [-0.3, -0.25) is 4.68 Å². The number of hydrogen-bond acceptors (Lipinski definition) is 2. The molecule has 0 amide bonds. The molecule has 0 aliphatic carbocycles. The number of hydrogen-bond donors (Lipinski definition) is 1. The van der Waals surface area contributed by atoms with Gasteiger partial charge in [0.1, 0.15) is 0 Å². The zero-order valence-electron chi connectivity index (χ0n) is 12.7. The summed E-state index contributed by atoms with van der Waals surface area (Å²) in [5.41, 5.74) is 3.57. The molecule has 1 aromatic heterocycles. The fourth-order valence-electron chi connectivity index (χ4n) is 2.48. The number of nitrogens with one attached hydrogen (secondary N) is 1. The average Bonchev–Trinajstić information content (AvgIpc) is 2.75. The molecular weight excluding hydrogens is 350 g/mol. The van der Waals surface area contributed by atoms with Crippen LogP contribution in [0.15, 0.2) is 28.7 Å². The summed E-state index contributed by atoms with van der Waals surface area (Å²) in [5, 5.41) is 8.88. The lowest BCUT2D eigenvalue weighted by molar-refractivity contribution is 0.527. The van der Waals surface area contributed by atoms with Crippen LogP contribution in [0.4, 0.5) is 0 Å². The Morgan fingerprint density at radius 1 is 1.29 bits per heavy atom. The molecule has 1 aromatic carbocycles. The number of benzene rings is 1. The van der Waals surface area contributed by atoms with Crippen LogP contribution in [0.5, 0.6) is 0 Å². The van der Waals surface area contributed by atoms with Gasteiger partial charge in [-0.05, 0) is 46.6 Å². The van der Waals surface area contributed by atoms with Gasteiger partial charge < -0.3 is 5.32 Å². The molecule has 0 fully saturated rings. The predicted molar refractivity (Wildman–Crippen MR) is 91.9 cm³/mol. The summed E-state index contributed by atoms with van der Waals surface area (Å²) < 4.78 is 3.10. The fourth-order valence-corrected chi connectivity index (χ4v) is 3.39. The molecule has 0 bridgehead atoms. The van der Waals surface area contributed by atoms with E-state index < -0.39 is 0 Å². The van der Waals surface area contributed by atoms with Crippen molar-refractivity contribution in [2.45, 2.75) is 32.7 Å². The molecule has 0 aliphatic heterocycles. The Kier molecular flexibility index (Phi) is 5.85. The maximum absolute atomic E-state index is 5.98. The van der Waals surface area contributed by atoms with Crippen LogP contribution in [0.25, 0.3) is 0 Å². The lowest BCUT2D eigenvalue weighted by atomic mass is 10.0. The van der Waals surface area contributed by atoms with E-state index in [1.165, 1.54) is 11.3 Å². The Hall–Kier alpha value is -0.840. The molecule has 0 saturated heterocycles. The molecule has 3 nitrogen and oxygen atoms in total. The molecule has 0 radical (unpaired) electrons. The van der Waals surface area contributed by atoms with Gasteiger partial charge in [0.2, 0.25) is 0 Å². The van der Waals surface area contributed by atoms with E-state index in [-0.39, 0.29) is 6.04 Å². The highest BCUT2D eigenvalue weighted by atomic mass is 79.9. The van der Waals surface area contributed by atoms with Crippen LogP contribution < -0.4 is 5.32 Å². The first-order valence-corrected chi connectivity index (χ1v) is 8.43. The molecule has 1 N–H and O–H groups in total. The molecule has 1 unspecified atom stereocenters. The van der Waals surface area contributed by atoms with Gasteiger partial charge in [0, 0.05) is 24.5 Å². The molecule has 5 heteroatoms. The molecule has 2 aromatic rings. The van der Waals surface area contributed by atoms with Crippen molar-refractivity contribution in [3.8, 4) is 0 Å². The maximum atomic E-state index is 5.98. The number of halogens is 2. The van der Waals surface area contributed by atoms with E-state index in [9.17, 15) is 0 Å². The van der Waals surface area contributed by atoms with Crippen LogP contribution in [0.2, 0.25) is 5.02 Å². The average molecular weight is 371 g/mol. The highest BCUT2D eigenvalue weighted by Gasteiger charge is 2.18. The van der Waals surface area contributed by atoms with E-state index in [1.807, 2.05) is 23.9 Å². The van der Waals surface area contributed by atoms with Crippen LogP contribution >= 0.6 is 27.5 Å². The molecular formula is C16H21BrClN3. The second kappa shape index (κ2) is 7.43. The van der Waals surface area contributed by atoms with Gasteiger partial charge in [-0.1, -0.05) is 37.6 Å². The molecule has 114 valence electrons. The van der Waals surface area contributed by atoms with Gasteiger partial charge >= 0.3 is 0 Å². The quantitative estimate of drug-likeness (QED) is 0.822. The first-order valence-electron chi connectivity index (χ1n) is 7.25. The normalized spacial score (nSPS) is 12.6. The molecule has 1 heterocycles. The van der Waals surface area contributed by atoms with E-state index in [2.05, 4.69) is 52.3 Å². The topological polar surface area (TPSA) is 29.9 Å². The summed E-state index contributed by atoms with van der Waals surface area (Å²) >= 11 is 9.68. The molecule has 21 heavy (non-hydrogen) atoms. The zero-order chi connectivity index (χ0) is 15.4. The van der Waals surface area contributed by atoms with Gasteiger partial charge in [0.05, 0.1) is 15.9 Å². The van der Waals surface area contributed by atoms with Gasteiger partial charge in [-0.15, -0.1) is 0 Å². The number of nitrogens with zero attached hydrogens (tertiary/aromatic N) is 2. The second-order valence-electron chi connectivity index (χ2n) is 5.05. The minimum Gasteiger partial charge on any atom is -0.310 e. The number of likely N-dealkylation sites (N-methyl/N-ethyl adjacent to an activating group) is 1. The Morgan fingerprint density at radius 2 is 1.95 bits per heavy atom. The van der Waals surface area contributed by atoms with Gasteiger partial charge in [-0.2, -0.15) is 5.10 Å². The van der Waals surface area contributed by atoms with E-state index >= 15 is 0 Å². The van der Waals surface area contributed by atoms with E-state index in [1.54, 1.807) is 0 Å². The first-order chi connectivity index (χ1) is 10.1. The maximum Gasteiger partial charge on any atom is 0.0766 e. The third kappa shape index (κ3) is 3.87. The van der Waals surface area contributed by atoms with Crippen LogP contribution in [0.3, 0.4) is 0 Å². The van der Waals surface area contributed by atoms with E-state index in [0.29, 0.717) is 0 Å². The number of aromatic nitrogens is 2. The van der Waals surface area contributed by atoms with Crippen molar-refractivity contribution in [3.05, 3.63) is 50.7 Å². The van der Waals surface area contributed by atoms with Crippen molar-refractivity contribution in [2.24, 2.45) is 7.05 Å². The van der Waals surface area contributed by atoms with Crippen molar-refractivity contribution in [3.63, 3.8) is 0 Å². The van der Waals surface area contributed by atoms with Gasteiger partial charge in [0.25, 0.3) is 0 Å². The number of aryl methyl sites for hydroxylation is 2. The minimum atomic E-state index is 0.253. The lowest BCUT2D eigenvalue weighted by Crippen LogP contribution is -2.24. The smallest absolute Gasteiger partial charge is 0.0766 e. The SMILES string of the molecule is CCNC(Cc1c(Br)c(CC)nn1C)c1ccc(Cl)cc1. The first kappa shape index (κ1) is 16.5. The molecule has 0 saturated carbocycles. The van der Waals surface area contributed by atoms with Crippen molar-refractivity contribution in [2.75, 3.05) is 6.54 Å². The van der Waals surface area contributed by atoms with Gasteiger partial charge in [-0.25, -0.2) is 0 Å². The molecule has 0 aliphatic rings. The van der Waals surface area contributed by atoms with Crippen LogP contribution in [-0.2, 0) is 19.9 Å². The molecule has 2 rings (SSSR count). The zero-order valence-corrected chi connectivity index (χ0v) is 15.0. The Labute approximate surface area is 139 Å². The Bertz CT molecular complexity index is 592. The van der Waals surface area contributed by atoms with Crippen molar-refractivity contribution in [1.82, 2.24) is 15.1 Å². The fraction of sp³-hybridized carbons (Fsp3) is 0.438. The highest BCUT2D eigenvalue weighted by molar-refractivity contribution is 9.10. The third-order valence-corrected chi connectivity index (χ3v) is 4.79. The van der Waals surface area contributed by atoms with E-state index in [0.717, 1.165) is 34.6 Å². The van der Waals surface area contributed by atoms with Crippen LogP contribution in [0, 0.1) is 0 Å². The Morgan fingerprint density at radius 3 is 2.48 bits per heavy atom. The molecule has 1 atom stereocenters. The van der Waals surface area contributed by atoms with Crippen molar-refractivity contribution < 1.29 is 0 Å². The standard InChI is InChI=1S/C16H21BrClN3/c1-4-13-16(17)15(21(3)20-13)10-14(19-5-2)11-6-8-12(18)9-7-11/h6-9,14,19H,4-5,10H2,1-3H3. The minimum absolute atomic E-state index is 0.253. The second-order valence-corrected chi connectivity index (χ2v) is 6.28. The largest absolute Gasteiger partial charge is 0.310 e. The summed E-state index contributed by atoms with van der Waals surface area (Å²) in [6.07, 6.45) is 1.82. The summed E-state index contributed by atoms with van der Waals surface area (Å²) in [7, 11) is 2.00. The molecule has 0 spiro atoms. The highest BCUT2D eigenvalue weighted by Crippen LogP contribution is 2.27. The van der Waals surface area contributed by atoms with Gasteiger partial charge in [0.15, 0.2) is 0 Å². The Balaban J connectivity index is 2.28. The van der Waals surface area contributed by atoms with Crippen LogP contribution in [-0.4, -0.2) is 16.3 Å². The summed E-state index contributed by atoms with van der Waals surface area (Å²) in [6.45, 7) is 5.17. The van der Waals surface area contributed by atoms with Crippen molar-refractivity contribution >= 4 is 27.5 Å². The van der Waals surface area contributed by atoms with Crippen molar-refractivity contribution in [1.29, 1.82) is 0 Å². The summed E-state index contributed by atoms with van der Waals surface area (Å²) in [6, 6.07) is 8.30. The summed E-state index contributed by atoms with van der Waals surface area (Å²) in [5.74, 6) is 0. The van der Waals surface area contributed by atoms with E-state index in [4.69, 9.17) is 11.6 Å².